The molecule has 1 atom stereocenters. The maximum Gasteiger partial charge on any atom is 0.413 e. The van der Waals surface area contributed by atoms with E-state index in [1.165, 1.54) is 18.3 Å². The minimum Gasteiger partial charge on any atom is -0.493 e. The minimum absolute atomic E-state index is 0.0967. The second-order valence-corrected chi connectivity index (χ2v) is 10.5. The number of ether oxygens (including phenoxy) is 3. The lowest BCUT2D eigenvalue weighted by molar-refractivity contribution is -0.145. The third kappa shape index (κ3) is 14.4. The van der Waals surface area contributed by atoms with Gasteiger partial charge in [-0.25, -0.2) is 9.59 Å². The van der Waals surface area contributed by atoms with E-state index in [-0.39, 0.29) is 24.1 Å². The van der Waals surface area contributed by atoms with Gasteiger partial charge in [-0.1, -0.05) is 48.8 Å². The Bertz CT molecular complexity index is 1050. The molecule has 1 aromatic rings. The zero-order chi connectivity index (χ0) is 29.4. The summed E-state index contributed by atoms with van der Waals surface area (Å²) in [5, 5.41) is 2.61. The van der Waals surface area contributed by atoms with E-state index in [0.29, 0.717) is 18.6 Å². The van der Waals surface area contributed by atoms with Crippen molar-refractivity contribution in [2.75, 3.05) is 13.7 Å². The van der Waals surface area contributed by atoms with Gasteiger partial charge in [0.05, 0.1) is 7.11 Å². The van der Waals surface area contributed by atoms with Crippen molar-refractivity contribution in [3.63, 3.8) is 0 Å². The summed E-state index contributed by atoms with van der Waals surface area (Å²) in [6.07, 6.45) is 10.6. The van der Waals surface area contributed by atoms with Crippen molar-refractivity contribution in [1.82, 2.24) is 5.32 Å². The fourth-order valence-corrected chi connectivity index (χ4v) is 3.72. The van der Waals surface area contributed by atoms with Crippen molar-refractivity contribution in [2.45, 2.75) is 93.0 Å². The van der Waals surface area contributed by atoms with E-state index in [2.05, 4.69) is 38.2 Å². The van der Waals surface area contributed by atoms with Crippen molar-refractivity contribution in [3.8, 4) is 11.5 Å². The number of amides is 1. The van der Waals surface area contributed by atoms with Crippen LogP contribution in [0.2, 0.25) is 0 Å². The van der Waals surface area contributed by atoms with Gasteiger partial charge < -0.3 is 24.3 Å². The van der Waals surface area contributed by atoms with Crippen LogP contribution in [0.3, 0.4) is 0 Å². The summed E-state index contributed by atoms with van der Waals surface area (Å²) >= 11 is 0. The van der Waals surface area contributed by atoms with Crippen LogP contribution in [0, 0.1) is 5.92 Å². The van der Waals surface area contributed by atoms with Crippen molar-refractivity contribution < 1.29 is 28.6 Å². The summed E-state index contributed by atoms with van der Waals surface area (Å²) in [6, 6.07) is 4.26. The summed E-state index contributed by atoms with van der Waals surface area (Å²) in [5.74, 6) is -0.0388. The number of aryl methyl sites for hydroxylation is 1. The lowest BCUT2D eigenvalue weighted by Crippen LogP contribution is -2.46. The Balaban J connectivity index is 2.61. The Kier molecular flexibility index (Phi) is 15.6. The predicted molar refractivity (Wildman–Crippen MR) is 156 cm³/mol. The SMILES string of the molecule is COc1cc(CCC(C)=O)ccc1OC(=O)N[C@H](C(=O)OCC=C(C)CCC=C(C)CCC=C(C)C)C(C)C. The maximum absolute atomic E-state index is 12.7. The maximum atomic E-state index is 12.7. The van der Waals surface area contributed by atoms with Crippen LogP contribution < -0.4 is 14.8 Å². The Labute approximate surface area is 234 Å². The lowest BCUT2D eigenvalue weighted by Gasteiger charge is -2.20. The molecule has 0 saturated carbocycles. The van der Waals surface area contributed by atoms with Gasteiger partial charge >= 0.3 is 12.1 Å². The second kappa shape index (κ2) is 18.0. The number of allylic oxidation sites excluding steroid dienone is 5. The Morgan fingerprint density at radius 2 is 1.51 bits per heavy atom. The van der Waals surface area contributed by atoms with Gasteiger partial charge in [-0.2, -0.15) is 0 Å². The van der Waals surface area contributed by atoms with Crippen LogP contribution in [-0.2, 0) is 20.7 Å². The average Bonchev–Trinajstić information content (AvgIpc) is 2.86. The van der Waals surface area contributed by atoms with Gasteiger partial charge in [0.1, 0.15) is 18.4 Å². The van der Waals surface area contributed by atoms with Gasteiger partial charge in [0.2, 0.25) is 0 Å². The molecule has 216 valence electrons. The number of Topliss-reactive ketones (excluding diaryl/α,β-unsaturated/α-hetero) is 1. The van der Waals surface area contributed by atoms with Crippen LogP contribution in [0.25, 0.3) is 0 Å². The molecule has 7 heteroatoms. The molecule has 0 spiro atoms. The van der Waals surface area contributed by atoms with E-state index in [9.17, 15) is 14.4 Å². The van der Waals surface area contributed by atoms with Gasteiger partial charge in [0, 0.05) is 6.42 Å². The summed E-state index contributed by atoms with van der Waals surface area (Å²) in [7, 11) is 1.47. The number of nitrogens with one attached hydrogen (secondary N) is 1. The molecule has 0 saturated heterocycles. The van der Waals surface area contributed by atoms with Crippen LogP contribution in [0.15, 0.2) is 53.1 Å². The van der Waals surface area contributed by atoms with Gasteiger partial charge in [-0.3, -0.25) is 0 Å². The van der Waals surface area contributed by atoms with E-state index >= 15 is 0 Å². The normalized spacial score (nSPS) is 12.5. The highest BCUT2D eigenvalue weighted by Gasteiger charge is 2.27. The molecule has 0 radical (unpaired) electrons. The molecule has 1 aromatic carbocycles. The molecule has 39 heavy (non-hydrogen) atoms. The van der Waals surface area contributed by atoms with Crippen molar-refractivity contribution in [3.05, 3.63) is 58.7 Å². The van der Waals surface area contributed by atoms with Crippen LogP contribution in [0.5, 0.6) is 11.5 Å². The topological polar surface area (TPSA) is 90.9 Å². The molecular weight excluding hydrogens is 494 g/mol. The standard InChI is InChI=1S/C32H47NO6/c1-22(2)11-9-12-24(5)13-10-14-25(6)19-20-38-31(35)30(23(3)4)33-32(36)39-28-18-17-27(16-15-26(7)34)21-29(28)37-8/h11,13,17-19,21,23,30H,9-10,12,14-16,20H2,1-8H3,(H,33,36)/t30-/m0/s1. The first-order chi connectivity index (χ1) is 18.4. The molecule has 1 rings (SSSR count). The summed E-state index contributed by atoms with van der Waals surface area (Å²) in [4.78, 5) is 36.6. The number of carbonyl (C=O) groups excluding carboxylic acids is 3. The number of carbonyl (C=O) groups is 3. The van der Waals surface area contributed by atoms with E-state index in [1.807, 2.05) is 26.8 Å². The van der Waals surface area contributed by atoms with Gasteiger partial charge in [0.25, 0.3) is 0 Å². The largest absolute Gasteiger partial charge is 0.493 e. The number of benzene rings is 1. The molecule has 1 N–H and O–H groups in total. The first-order valence-corrected chi connectivity index (χ1v) is 13.7. The molecule has 1 amide bonds. The number of rotatable bonds is 16. The van der Waals surface area contributed by atoms with Crippen molar-refractivity contribution in [1.29, 1.82) is 0 Å². The highest BCUT2D eigenvalue weighted by atomic mass is 16.6. The first kappa shape index (κ1) is 33.7. The monoisotopic (exact) mass is 541 g/mol. The Hall–Kier alpha value is -3.35. The molecule has 0 aromatic heterocycles. The van der Waals surface area contributed by atoms with Crippen LogP contribution in [0.4, 0.5) is 4.79 Å². The van der Waals surface area contributed by atoms with Crippen LogP contribution >= 0.6 is 0 Å². The smallest absolute Gasteiger partial charge is 0.413 e. The third-order valence-electron chi connectivity index (χ3n) is 6.17. The average molecular weight is 542 g/mol. The van der Waals surface area contributed by atoms with Crippen molar-refractivity contribution >= 4 is 17.8 Å². The number of esters is 1. The van der Waals surface area contributed by atoms with Crippen LogP contribution in [0.1, 0.15) is 86.1 Å². The summed E-state index contributed by atoms with van der Waals surface area (Å²) < 4.78 is 16.2. The molecule has 0 bridgehead atoms. The van der Waals surface area contributed by atoms with Gasteiger partial charge in [0.15, 0.2) is 11.5 Å². The highest BCUT2D eigenvalue weighted by molar-refractivity contribution is 5.82. The fourth-order valence-electron chi connectivity index (χ4n) is 3.72. The Morgan fingerprint density at radius 1 is 0.872 bits per heavy atom. The van der Waals surface area contributed by atoms with E-state index < -0.39 is 18.1 Å². The fraction of sp³-hybridized carbons (Fsp3) is 0.531. The van der Waals surface area contributed by atoms with E-state index in [4.69, 9.17) is 14.2 Å². The number of methoxy groups -OCH3 is 1. The third-order valence-corrected chi connectivity index (χ3v) is 6.17. The zero-order valence-electron chi connectivity index (χ0n) is 25.0. The van der Waals surface area contributed by atoms with E-state index in [1.54, 1.807) is 25.1 Å². The van der Waals surface area contributed by atoms with E-state index in [0.717, 1.165) is 36.8 Å². The molecular formula is C32H47NO6. The first-order valence-electron chi connectivity index (χ1n) is 13.7. The number of hydrogen-bond acceptors (Lipinski definition) is 6. The molecule has 0 aliphatic heterocycles. The van der Waals surface area contributed by atoms with Crippen molar-refractivity contribution in [2.24, 2.45) is 5.92 Å². The number of hydrogen-bond donors (Lipinski definition) is 1. The lowest BCUT2D eigenvalue weighted by atomic mass is 10.1. The molecule has 0 unspecified atom stereocenters. The summed E-state index contributed by atoms with van der Waals surface area (Å²) in [5.41, 5.74) is 4.76. The van der Waals surface area contributed by atoms with Crippen LogP contribution in [-0.4, -0.2) is 37.6 Å². The molecule has 7 nitrogen and oxygen atoms in total. The molecule has 0 heterocycles. The minimum atomic E-state index is -0.863. The quantitative estimate of drug-likeness (QED) is 0.174. The Morgan fingerprint density at radius 3 is 2.10 bits per heavy atom. The predicted octanol–water partition coefficient (Wildman–Crippen LogP) is 7.29. The number of ketones is 1. The van der Waals surface area contributed by atoms with Gasteiger partial charge in [-0.05, 0) is 96.4 Å². The molecule has 0 aliphatic rings. The second-order valence-electron chi connectivity index (χ2n) is 10.5. The summed E-state index contributed by atoms with van der Waals surface area (Å²) in [6.45, 7) is 13.7. The highest BCUT2D eigenvalue weighted by Crippen LogP contribution is 2.29. The zero-order valence-corrected chi connectivity index (χ0v) is 25.0. The molecule has 0 fully saturated rings. The van der Waals surface area contributed by atoms with Gasteiger partial charge in [-0.15, -0.1) is 0 Å². The molecule has 0 aliphatic carbocycles.